The monoisotopic (exact) mass is 509 g/mol. The lowest BCUT2D eigenvalue weighted by molar-refractivity contribution is -0.0532. The van der Waals surface area contributed by atoms with E-state index in [0.29, 0.717) is 34.5 Å². The topological polar surface area (TPSA) is 67.4 Å². The maximum Gasteiger partial charge on any atom is 0.200 e. The van der Waals surface area contributed by atoms with Gasteiger partial charge in [-0.3, -0.25) is 14.6 Å². The summed E-state index contributed by atoms with van der Waals surface area (Å²) in [5.74, 6) is 1.61. The zero-order valence-corrected chi connectivity index (χ0v) is 22.6. The fourth-order valence-corrected chi connectivity index (χ4v) is 7.43. The first-order chi connectivity index (χ1) is 18.3. The molecule has 3 saturated heterocycles. The zero-order chi connectivity index (χ0) is 26.2. The van der Waals surface area contributed by atoms with Gasteiger partial charge in [-0.15, -0.1) is 10.2 Å². The molecule has 2 bridgehead atoms. The van der Waals surface area contributed by atoms with Crippen molar-refractivity contribution in [1.82, 2.24) is 24.6 Å². The van der Waals surface area contributed by atoms with Gasteiger partial charge in [0.05, 0.1) is 16.4 Å². The van der Waals surface area contributed by atoms with Crippen molar-refractivity contribution in [2.24, 2.45) is 13.0 Å². The molecule has 2 aromatic heterocycles. The summed E-state index contributed by atoms with van der Waals surface area (Å²) in [6.07, 6.45) is 6.76. The number of likely N-dealkylation sites (N-methyl/N-ethyl adjacent to an activating group) is 1. The third kappa shape index (κ3) is 3.59. The molecule has 7 nitrogen and oxygen atoms in total. The van der Waals surface area contributed by atoms with Crippen molar-refractivity contribution in [3.63, 3.8) is 0 Å². The molecular formula is C31H35N5O2. The minimum Gasteiger partial charge on any atom is -0.463 e. The highest BCUT2D eigenvalue weighted by Crippen LogP contribution is 2.51. The molecule has 1 aliphatic carbocycles. The van der Waals surface area contributed by atoms with Crippen molar-refractivity contribution < 1.29 is 4.42 Å². The fraction of sp³-hybridized carbons (Fsp3) is 0.452. The van der Waals surface area contributed by atoms with Crippen molar-refractivity contribution in [2.75, 3.05) is 20.1 Å². The third-order valence-corrected chi connectivity index (χ3v) is 9.42. The number of hydrogen-bond acceptors (Lipinski definition) is 6. The molecule has 0 N–H and O–H groups in total. The van der Waals surface area contributed by atoms with Crippen LogP contribution in [0.15, 0.2) is 58.2 Å². The second-order valence-electron chi connectivity index (χ2n) is 12.1. The Hall–Kier alpha value is -3.29. The maximum absolute atomic E-state index is 13.9. The smallest absolute Gasteiger partial charge is 0.200 e. The second kappa shape index (κ2) is 8.61. The molecule has 38 heavy (non-hydrogen) atoms. The number of piperidine rings is 1. The molecule has 2 aromatic carbocycles. The lowest BCUT2D eigenvalue weighted by Gasteiger charge is -2.55. The number of nitrogens with zero attached hydrogens (tertiary/aromatic N) is 5. The van der Waals surface area contributed by atoms with Crippen molar-refractivity contribution in [2.45, 2.75) is 57.2 Å². The molecule has 4 fully saturated rings. The normalized spacial score (nSPS) is 27.3. The number of aryl methyl sites for hydroxylation is 2. The molecule has 7 heteroatoms. The van der Waals surface area contributed by atoms with E-state index in [2.05, 4.69) is 64.3 Å². The highest BCUT2D eigenvalue weighted by Gasteiger charge is 2.48. The highest BCUT2D eigenvalue weighted by atomic mass is 16.3. The van der Waals surface area contributed by atoms with Crippen LogP contribution in [0.25, 0.3) is 22.1 Å². The van der Waals surface area contributed by atoms with E-state index >= 15 is 0 Å². The molecule has 8 rings (SSSR count). The van der Waals surface area contributed by atoms with Crippen molar-refractivity contribution in [1.29, 1.82) is 0 Å². The van der Waals surface area contributed by atoms with Crippen LogP contribution in [-0.4, -0.2) is 56.8 Å². The van der Waals surface area contributed by atoms with E-state index in [0.717, 1.165) is 49.4 Å². The van der Waals surface area contributed by atoms with Crippen molar-refractivity contribution in [3.8, 4) is 11.1 Å². The van der Waals surface area contributed by atoms with Gasteiger partial charge in [-0.1, -0.05) is 31.2 Å². The summed E-state index contributed by atoms with van der Waals surface area (Å²) in [5, 5.41) is 9.32. The highest BCUT2D eigenvalue weighted by molar-refractivity contribution is 5.84. The Morgan fingerprint density at radius 2 is 1.89 bits per heavy atom. The molecule has 2 atom stereocenters. The summed E-state index contributed by atoms with van der Waals surface area (Å²) in [6.45, 7) is 7.38. The van der Waals surface area contributed by atoms with Gasteiger partial charge in [-0.05, 0) is 73.5 Å². The van der Waals surface area contributed by atoms with Crippen LogP contribution in [-0.2, 0) is 19.0 Å². The first-order valence-corrected chi connectivity index (χ1v) is 13.8. The summed E-state index contributed by atoms with van der Waals surface area (Å²) in [4.78, 5) is 18.9. The summed E-state index contributed by atoms with van der Waals surface area (Å²) in [6, 6.07) is 14.0. The first-order valence-electron chi connectivity index (χ1n) is 13.8. The Balaban J connectivity index is 1.25. The van der Waals surface area contributed by atoms with E-state index in [1.54, 1.807) is 12.6 Å². The first kappa shape index (κ1) is 23.8. The minimum absolute atomic E-state index is 0.0317. The Labute approximate surface area is 223 Å². The zero-order valence-electron chi connectivity index (χ0n) is 22.6. The predicted molar refractivity (Wildman–Crippen MR) is 148 cm³/mol. The van der Waals surface area contributed by atoms with E-state index in [9.17, 15) is 4.79 Å². The molecule has 1 saturated carbocycles. The van der Waals surface area contributed by atoms with Crippen molar-refractivity contribution >= 4 is 11.0 Å². The number of piperazine rings is 1. The van der Waals surface area contributed by atoms with E-state index in [1.165, 1.54) is 17.5 Å². The molecular weight excluding hydrogens is 474 g/mol. The lowest BCUT2D eigenvalue weighted by atomic mass is 9.58. The molecule has 2 unspecified atom stereocenters. The fourth-order valence-electron chi connectivity index (χ4n) is 7.43. The summed E-state index contributed by atoms with van der Waals surface area (Å²) < 4.78 is 8.14. The van der Waals surface area contributed by atoms with Gasteiger partial charge in [0.1, 0.15) is 24.0 Å². The molecule has 0 radical (unpaired) electrons. The second-order valence-corrected chi connectivity index (χ2v) is 12.1. The SMILES string of the molecule is Cc1cc(CN2CC3CC(C2)N3C)cc2c(=O)c(-c3cccc(C4(c5nncn5C)CC(C)C4)c3)coc12. The molecule has 196 valence electrons. The van der Waals surface area contributed by atoms with Crippen LogP contribution in [0, 0.1) is 12.8 Å². The van der Waals surface area contributed by atoms with Crippen molar-refractivity contribution in [3.05, 3.63) is 81.7 Å². The van der Waals surface area contributed by atoms with Gasteiger partial charge in [-0.2, -0.15) is 0 Å². The number of hydrogen-bond donors (Lipinski definition) is 0. The van der Waals surface area contributed by atoms with E-state index in [-0.39, 0.29) is 10.8 Å². The summed E-state index contributed by atoms with van der Waals surface area (Å²) >= 11 is 0. The average molecular weight is 510 g/mol. The van der Waals surface area contributed by atoms with Crippen LogP contribution in [0.3, 0.4) is 0 Å². The summed E-state index contributed by atoms with van der Waals surface area (Å²) in [5.41, 5.74) is 5.42. The molecule has 5 heterocycles. The van der Waals surface area contributed by atoms with Crippen LogP contribution in [0.1, 0.15) is 48.7 Å². The Morgan fingerprint density at radius 1 is 1.11 bits per heavy atom. The molecule has 0 amide bonds. The molecule has 3 aliphatic heterocycles. The van der Waals surface area contributed by atoms with Crippen LogP contribution in [0.2, 0.25) is 0 Å². The van der Waals surface area contributed by atoms with Crippen LogP contribution >= 0.6 is 0 Å². The Bertz CT molecular complexity index is 1590. The van der Waals surface area contributed by atoms with E-state index in [4.69, 9.17) is 4.42 Å². The number of benzene rings is 2. The van der Waals surface area contributed by atoms with Crippen LogP contribution in [0.4, 0.5) is 0 Å². The van der Waals surface area contributed by atoms with Gasteiger partial charge in [-0.25, -0.2) is 0 Å². The van der Waals surface area contributed by atoms with Gasteiger partial charge >= 0.3 is 0 Å². The molecule has 4 aromatic rings. The minimum atomic E-state index is -0.176. The summed E-state index contributed by atoms with van der Waals surface area (Å²) in [7, 11) is 4.24. The Morgan fingerprint density at radius 3 is 2.58 bits per heavy atom. The third-order valence-electron chi connectivity index (χ3n) is 9.42. The Kier molecular flexibility index (Phi) is 5.39. The van der Waals surface area contributed by atoms with Gasteiger partial charge in [0.2, 0.25) is 5.43 Å². The maximum atomic E-state index is 13.9. The number of fused-ring (bicyclic) bond motifs is 3. The standard InChI is InChI=1S/C31H35N5O2/c1-19-12-31(13-19,30-33-32-18-34(30)3)23-7-5-6-22(10-23)27-17-38-29-20(2)8-21(9-26(29)28(27)37)14-36-15-24-11-25(16-36)35(24)4/h5-10,17-19,24-25H,11-16H2,1-4H3. The number of aromatic nitrogens is 3. The number of rotatable bonds is 5. The molecule has 4 aliphatic rings. The van der Waals surface area contributed by atoms with Crippen LogP contribution < -0.4 is 5.43 Å². The predicted octanol–water partition coefficient (Wildman–Crippen LogP) is 4.50. The quantitative estimate of drug-likeness (QED) is 0.395. The average Bonchev–Trinajstić information content (AvgIpc) is 3.33. The van der Waals surface area contributed by atoms with Crippen LogP contribution in [0.5, 0.6) is 0 Å². The van der Waals surface area contributed by atoms with E-state index < -0.39 is 0 Å². The van der Waals surface area contributed by atoms with Gasteiger partial charge in [0.25, 0.3) is 0 Å². The molecule has 0 spiro atoms. The largest absolute Gasteiger partial charge is 0.463 e. The van der Waals surface area contributed by atoms with Gasteiger partial charge in [0.15, 0.2) is 0 Å². The van der Waals surface area contributed by atoms with Gasteiger partial charge in [0, 0.05) is 38.8 Å². The lowest BCUT2D eigenvalue weighted by Crippen LogP contribution is -2.66. The van der Waals surface area contributed by atoms with E-state index in [1.807, 2.05) is 24.6 Å². The van der Waals surface area contributed by atoms with Gasteiger partial charge < -0.3 is 8.98 Å².